The third-order valence-corrected chi connectivity index (χ3v) is 3.05. The second-order valence-corrected chi connectivity index (χ2v) is 4.79. The highest BCUT2D eigenvalue weighted by molar-refractivity contribution is 6.29. The Labute approximate surface area is 112 Å². The van der Waals surface area contributed by atoms with Crippen molar-refractivity contribution in [3.05, 3.63) is 17.0 Å². The van der Waals surface area contributed by atoms with Crippen molar-refractivity contribution in [2.24, 2.45) is 0 Å². The molecule has 0 bridgehead atoms. The standard InChI is InChI=1S/C12H18ClN3O2/c1-17-7-9(18-2)6-14-11-5-10(13)15-12(16-11)8-3-4-8/h5,8-9H,3-4,6-7H2,1-2H3,(H,14,15,16). The van der Waals surface area contributed by atoms with E-state index in [1.165, 1.54) is 0 Å². The molecular weight excluding hydrogens is 254 g/mol. The largest absolute Gasteiger partial charge is 0.382 e. The quantitative estimate of drug-likeness (QED) is 0.770. The van der Waals surface area contributed by atoms with Crippen molar-refractivity contribution in [3.8, 4) is 0 Å². The molecule has 1 aromatic rings. The van der Waals surface area contributed by atoms with Crippen LogP contribution in [0.2, 0.25) is 5.15 Å². The number of ether oxygens (including phenoxy) is 2. The van der Waals surface area contributed by atoms with Crippen molar-refractivity contribution in [3.63, 3.8) is 0 Å². The maximum Gasteiger partial charge on any atom is 0.135 e. The van der Waals surface area contributed by atoms with Gasteiger partial charge in [-0.15, -0.1) is 0 Å². The minimum atomic E-state index is -0.00637. The van der Waals surface area contributed by atoms with Gasteiger partial charge in [0.25, 0.3) is 0 Å². The van der Waals surface area contributed by atoms with Gasteiger partial charge in [0.05, 0.1) is 12.7 Å². The molecule has 6 heteroatoms. The maximum atomic E-state index is 5.99. The van der Waals surface area contributed by atoms with Crippen molar-refractivity contribution < 1.29 is 9.47 Å². The summed E-state index contributed by atoms with van der Waals surface area (Å²) < 4.78 is 10.3. The van der Waals surface area contributed by atoms with Crippen molar-refractivity contribution in [1.82, 2.24) is 9.97 Å². The fraction of sp³-hybridized carbons (Fsp3) is 0.667. The van der Waals surface area contributed by atoms with Crippen LogP contribution in [-0.4, -0.2) is 43.4 Å². The SMILES string of the molecule is COCC(CNc1cc(Cl)nc(C2CC2)n1)OC. The molecule has 0 saturated heterocycles. The van der Waals surface area contributed by atoms with Crippen LogP contribution in [-0.2, 0) is 9.47 Å². The summed E-state index contributed by atoms with van der Waals surface area (Å²) in [5.74, 6) is 2.07. The Morgan fingerprint density at radius 3 is 2.83 bits per heavy atom. The fourth-order valence-corrected chi connectivity index (χ4v) is 1.85. The molecule has 1 heterocycles. The van der Waals surface area contributed by atoms with E-state index in [0.29, 0.717) is 24.2 Å². The zero-order valence-electron chi connectivity index (χ0n) is 10.6. The fourth-order valence-electron chi connectivity index (χ4n) is 1.66. The molecule has 1 saturated carbocycles. The summed E-state index contributed by atoms with van der Waals surface area (Å²) in [4.78, 5) is 8.70. The molecule has 5 nitrogen and oxygen atoms in total. The van der Waals surface area contributed by atoms with E-state index in [4.69, 9.17) is 21.1 Å². The van der Waals surface area contributed by atoms with E-state index in [-0.39, 0.29) is 6.10 Å². The number of nitrogens with one attached hydrogen (secondary N) is 1. The number of methoxy groups -OCH3 is 2. The van der Waals surface area contributed by atoms with E-state index in [9.17, 15) is 0 Å². The lowest BCUT2D eigenvalue weighted by Gasteiger charge is -2.15. The van der Waals surface area contributed by atoms with Crippen LogP contribution < -0.4 is 5.32 Å². The molecule has 0 spiro atoms. The van der Waals surface area contributed by atoms with E-state index in [1.807, 2.05) is 0 Å². The van der Waals surface area contributed by atoms with Crippen molar-refractivity contribution in [1.29, 1.82) is 0 Å². The predicted octanol–water partition coefficient (Wildman–Crippen LogP) is 2.08. The normalized spacial score (nSPS) is 16.6. The Hall–Kier alpha value is -0.910. The lowest BCUT2D eigenvalue weighted by atomic mass is 10.3. The van der Waals surface area contributed by atoms with Crippen LogP contribution >= 0.6 is 11.6 Å². The van der Waals surface area contributed by atoms with Gasteiger partial charge >= 0.3 is 0 Å². The minimum absolute atomic E-state index is 0.00637. The summed E-state index contributed by atoms with van der Waals surface area (Å²) in [5, 5.41) is 3.69. The van der Waals surface area contributed by atoms with Gasteiger partial charge in [-0.3, -0.25) is 0 Å². The number of hydrogen-bond acceptors (Lipinski definition) is 5. The Bertz CT molecular complexity index is 399. The van der Waals surface area contributed by atoms with Gasteiger partial charge in [0.1, 0.15) is 16.8 Å². The highest BCUT2D eigenvalue weighted by Gasteiger charge is 2.27. The molecule has 0 aromatic carbocycles. The zero-order chi connectivity index (χ0) is 13.0. The van der Waals surface area contributed by atoms with Crippen LogP contribution in [0.5, 0.6) is 0 Å². The molecule has 1 N–H and O–H groups in total. The summed E-state index contributed by atoms with van der Waals surface area (Å²) in [6.45, 7) is 1.17. The minimum Gasteiger partial charge on any atom is -0.382 e. The second-order valence-electron chi connectivity index (χ2n) is 4.40. The summed E-state index contributed by atoms with van der Waals surface area (Å²) in [6.07, 6.45) is 2.31. The van der Waals surface area contributed by atoms with Gasteiger partial charge in [-0.2, -0.15) is 0 Å². The third-order valence-electron chi connectivity index (χ3n) is 2.85. The highest BCUT2D eigenvalue weighted by atomic mass is 35.5. The van der Waals surface area contributed by atoms with Gasteiger partial charge in [0, 0.05) is 32.7 Å². The van der Waals surface area contributed by atoms with Crippen LogP contribution in [0.1, 0.15) is 24.6 Å². The van der Waals surface area contributed by atoms with Gasteiger partial charge in [-0.05, 0) is 12.8 Å². The van der Waals surface area contributed by atoms with Gasteiger partial charge in [0.2, 0.25) is 0 Å². The Morgan fingerprint density at radius 2 is 2.22 bits per heavy atom. The summed E-state index contributed by atoms with van der Waals surface area (Å²) in [6, 6.07) is 1.73. The Balaban J connectivity index is 1.95. The van der Waals surface area contributed by atoms with Gasteiger partial charge in [-0.25, -0.2) is 9.97 Å². The molecule has 2 rings (SSSR count). The third kappa shape index (κ3) is 3.80. The first-order valence-electron chi connectivity index (χ1n) is 6.03. The number of halogens is 1. The van der Waals surface area contributed by atoms with Crippen LogP contribution in [0.4, 0.5) is 5.82 Å². The Kier molecular flexibility index (Phi) is 4.74. The number of hydrogen-bond donors (Lipinski definition) is 1. The van der Waals surface area contributed by atoms with Crippen LogP contribution in [0.25, 0.3) is 0 Å². The Morgan fingerprint density at radius 1 is 1.44 bits per heavy atom. The molecule has 1 unspecified atom stereocenters. The molecule has 1 fully saturated rings. The first kappa shape index (κ1) is 13.5. The van der Waals surface area contributed by atoms with Crippen LogP contribution in [0.15, 0.2) is 6.07 Å². The lowest BCUT2D eigenvalue weighted by molar-refractivity contribution is 0.0365. The smallest absolute Gasteiger partial charge is 0.135 e. The molecule has 1 aromatic heterocycles. The molecular formula is C12H18ClN3O2. The molecule has 18 heavy (non-hydrogen) atoms. The molecule has 1 atom stereocenters. The highest BCUT2D eigenvalue weighted by Crippen LogP contribution is 2.38. The second kappa shape index (κ2) is 6.31. The van der Waals surface area contributed by atoms with Gasteiger partial charge in [0.15, 0.2) is 0 Å². The monoisotopic (exact) mass is 271 g/mol. The average Bonchev–Trinajstić information content (AvgIpc) is 3.18. The maximum absolute atomic E-state index is 5.99. The topological polar surface area (TPSA) is 56.3 Å². The van der Waals surface area contributed by atoms with Gasteiger partial charge < -0.3 is 14.8 Å². The van der Waals surface area contributed by atoms with E-state index < -0.39 is 0 Å². The molecule has 100 valence electrons. The lowest BCUT2D eigenvalue weighted by Crippen LogP contribution is -2.27. The zero-order valence-corrected chi connectivity index (χ0v) is 11.4. The van der Waals surface area contributed by atoms with E-state index in [1.54, 1.807) is 20.3 Å². The molecule has 1 aliphatic carbocycles. The van der Waals surface area contributed by atoms with Crippen molar-refractivity contribution in [2.75, 3.05) is 32.7 Å². The molecule has 0 radical (unpaired) electrons. The van der Waals surface area contributed by atoms with Crippen molar-refractivity contribution >= 4 is 17.4 Å². The number of aromatic nitrogens is 2. The van der Waals surface area contributed by atoms with E-state index in [2.05, 4.69) is 15.3 Å². The number of anilines is 1. The molecule has 1 aliphatic rings. The molecule has 0 aliphatic heterocycles. The van der Waals surface area contributed by atoms with Gasteiger partial charge in [-0.1, -0.05) is 11.6 Å². The predicted molar refractivity (Wildman–Crippen MR) is 70.2 cm³/mol. The summed E-state index contributed by atoms with van der Waals surface area (Å²) in [5.41, 5.74) is 0. The summed E-state index contributed by atoms with van der Waals surface area (Å²) >= 11 is 5.99. The van der Waals surface area contributed by atoms with Crippen LogP contribution in [0, 0.1) is 0 Å². The van der Waals surface area contributed by atoms with Crippen LogP contribution in [0.3, 0.4) is 0 Å². The number of rotatable bonds is 7. The van der Waals surface area contributed by atoms with E-state index >= 15 is 0 Å². The van der Waals surface area contributed by atoms with E-state index in [0.717, 1.165) is 24.5 Å². The first-order valence-corrected chi connectivity index (χ1v) is 6.40. The van der Waals surface area contributed by atoms with Crippen molar-refractivity contribution in [2.45, 2.75) is 24.9 Å². The summed E-state index contributed by atoms with van der Waals surface area (Å²) in [7, 11) is 3.31. The molecule has 0 amide bonds. The number of nitrogens with zero attached hydrogens (tertiary/aromatic N) is 2. The average molecular weight is 272 g/mol. The first-order chi connectivity index (χ1) is 8.72.